The Hall–Kier alpha value is -0.610. The zero-order chi connectivity index (χ0) is 12.6. The third-order valence-electron chi connectivity index (χ3n) is 2.37. The molecule has 1 rings (SSSR count). The molecule has 1 saturated heterocycles. The van der Waals surface area contributed by atoms with Crippen molar-refractivity contribution < 1.29 is 19.0 Å². The van der Waals surface area contributed by atoms with E-state index in [1.54, 1.807) is 6.92 Å². The van der Waals surface area contributed by atoms with Crippen molar-refractivity contribution in [2.24, 2.45) is 5.41 Å². The first kappa shape index (κ1) is 13.5. The van der Waals surface area contributed by atoms with Gasteiger partial charge in [-0.3, -0.25) is 4.79 Å². The normalized spacial score (nSPS) is 23.9. The molecule has 0 aromatic heterocycles. The quantitative estimate of drug-likeness (QED) is 0.647. The number of hydrogen-bond donors (Lipinski definition) is 0. The molecule has 1 aliphatic heterocycles. The molecule has 0 atom stereocenters. The molecule has 0 aromatic rings. The van der Waals surface area contributed by atoms with E-state index in [0.29, 0.717) is 13.2 Å². The van der Waals surface area contributed by atoms with E-state index in [2.05, 4.69) is 0 Å². The topological polar surface area (TPSA) is 44.8 Å². The first-order valence-electron chi connectivity index (χ1n) is 5.56. The van der Waals surface area contributed by atoms with Crippen molar-refractivity contribution in [3.8, 4) is 0 Å². The molecule has 0 amide bonds. The molecule has 0 aliphatic carbocycles. The summed E-state index contributed by atoms with van der Waals surface area (Å²) in [5, 5.41) is 0. The van der Waals surface area contributed by atoms with E-state index in [4.69, 9.17) is 14.2 Å². The van der Waals surface area contributed by atoms with Crippen molar-refractivity contribution in [2.75, 3.05) is 13.2 Å². The molecule has 0 N–H and O–H groups in total. The van der Waals surface area contributed by atoms with Crippen LogP contribution in [0.2, 0.25) is 0 Å². The highest BCUT2D eigenvalue weighted by atomic mass is 16.7. The van der Waals surface area contributed by atoms with Crippen LogP contribution in [0.4, 0.5) is 0 Å². The highest BCUT2D eigenvalue weighted by Crippen LogP contribution is 2.31. The van der Waals surface area contributed by atoms with E-state index in [9.17, 15) is 4.79 Å². The van der Waals surface area contributed by atoms with E-state index < -0.39 is 16.8 Å². The van der Waals surface area contributed by atoms with Gasteiger partial charge < -0.3 is 14.2 Å². The summed E-state index contributed by atoms with van der Waals surface area (Å²) in [5.41, 5.74) is -1.18. The van der Waals surface area contributed by atoms with Gasteiger partial charge in [0.2, 0.25) is 0 Å². The van der Waals surface area contributed by atoms with Crippen LogP contribution in [0.25, 0.3) is 0 Å². The van der Waals surface area contributed by atoms with E-state index in [1.807, 2.05) is 34.6 Å². The zero-order valence-corrected chi connectivity index (χ0v) is 11.0. The summed E-state index contributed by atoms with van der Waals surface area (Å²) in [6.07, 6.45) is 0. The minimum atomic E-state index is -0.706. The molecule has 0 aromatic carbocycles. The predicted molar refractivity (Wildman–Crippen MR) is 59.9 cm³/mol. The van der Waals surface area contributed by atoms with Crippen molar-refractivity contribution in [3.63, 3.8) is 0 Å². The van der Waals surface area contributed by atoms with Gasteiger partial charge in [-0.2, -0.15) is 0 Å². The van der Waals surface area contributed by atoms with Gasteiger partial charge in [0.25, 0.3) is 0 Å². The van der Waals surface area contributed by atoms with E-state index in [-0.39, 0.29) is 5.97 Å². The van der Waals surface area contributed by atoms with Crippen molar-refractivity contribution in [1.82, 2.24) is 0 Å². The van der Waals surface area contributed by atoms with E-state index in [1.165, 1.54) is 0 Å². The summed E-state index contributed by atoms with van der Waals surface area (Å²) in [4.78, 5) is 12.0. The minimum absolute atomic E-state index is 0.268. The molecule has 16 heavy (non-hydrogen) atoms. The summed E-state index contributed by atoms with van der Waals surface area (Å²) in [7, 11) is 0. The van der Waals surface area contributed by atoms with Gasteiger partial charge in [0.1, 0.15) is 11.0 Å². The first-order chi connectivity index (χ1) is 7.04. The Bertz CT molecular complexity index is 265. The number of carbonyl (C=O) groups excluding carboxylic acids is 1. The van der Waals surface area contributed by atoms with E-state index in [0.717, 1.165) is 0 Å². The maximum Gasteiger partial charge on any atom is 0.317 e. The summed E-state index contributed by atoms with van der Waals surface area (Å²) < 4.78 is 16.3. The lowest BCUT2D eigenvalue weighted by Gasteiger charge is -2.40. The lowest BCUT2D eigenvalue weighted by Crippen LogP contribution is -2.50. The molecule has 1 fully saturated rings. The van der Waals surface area contributed by atoms with Gasteiger partial charge in [-0.15, -0.1) is 0 Å². The van der Waals surface area contributed by atoms with Gasteiger partial charge in [-0.05, 0) is 41.5 Å². The number of ether oxygens (including phenoxy) is 3. The Kier molecular flexibility index (Phi) is 3.37. The molecular formula is C12H22O4. The van der Waals surface area contributed by atoms with Crippen LogP contribution in [0.15, 0.2) is 0 Å². The van der Waals surface area contributed by atoms with Gasteiger partial charge in [0.15, 0.2) is 5.79 Å². The number of rotatable bonds is 1. The van der Waals surface area contributed by atoms with Crippen molar-refractivity contribution in [2.45, 2.75) is 52.9 Å². The highest BCUT2D eigenvalue weighted by molar-refractivity contribution is 5.77. The average molecular weight is 230 g/mol. The Morgan fingerprint density at radius 2 is 1.56 bits per heavy atom. The third-order valence-corrected chi connectivity index (χ3v) is 2.37. The van der Waals surface area contributed by atoms with Crippen LogP contribution in [-0.2, 0) is 19.0 Å². The summed E-state index contributed by atoms with van der Waals surface area (Å²) in [6, 6.07) is 0. The summed E-state index contributed by atoms with van der Waals surface area (Å²) in [6.45, 7) is 11.7. The zero-order valence-electron chi connectivity index (χ0n) is 11.0. The van der Waals surface area contributed by atoms with Crippen molar-refractivity contribution in [1.29, 1.82) is 0 Å². The van der Waals surface area contributed by atoms with Crippen LogP contribution in [0.1, 0.15) is 41.5 Å². The molecule has 0 spiro atoms. The van der Waals surface area contributed by atoms with Crippen LogP contribution in [0.5, 0.6) is 0 Å². The molecule has 4 nitrogen and oxygen atoms in total. The molecular weight excluding hydrogens is 208 g/mol. The largest absolute Gasteiger partial charge is 0.459 e. The molecule has 0 bridgehead atoms. The fraction of sp³-hybridized carbons (Fsp3) is 0.917. The van der Waals surface area contributed by atoms with Gasteiger partial charge in [-0.25, -0.2) is 0 Å². The maximum absolute atomic E-state index is 12.0. The number of hydrogen-bond acceptors (Lipinski definition) is 4. The SMILES string of the molecule is CC(C)(C)OC(=O)C1(C)COC(C)(C)OC1. The second-order valence-electron chi connectivity index (χ2n) is 6.04. The van der Waals surface area contributed by atoms with Gasteiger partial charge in [-0.1, -0.05) is 0 Å². The Morgan fingerprint density at radius 3 is 1.94 bits per heavy atom. The molecule has 4 heteroatoms. The molecule has 1 heterocycles. The Morgan fingerprint density at radius 1 is 1.12 bits per heavy atom. The number of esters is 1. The van der Waals surface area contributed by atoms with Crippen LogP contribution in [0.3, 0.4) is 0 Å². The van der Waals surface area contributed by atoms with Gasteiger partial charge in [0.05, 0.1) is 13.2 Å². The van der Waals surface area contributed by atoms with Gasteiger partial charge in [0, 0.05) is 0 Å². The fourth-order valence-electron chi connectivity index (χ4n) is 1.27. The first-order valence-corrected chi connectivity index (χ1v) is 5.56. The average Bonchev–Trinajstić information content (AvgIpc) is 2.08. The van der Waals surface area contributed by atoms with Crippen LogP contribution >= 0.6 is 0 Å². The van der Waals surface area contributed by atoms with Crippen molar-refractivity contribution in [3.05, 3.63) is 0 Å². The molecule has 94 valence electrons. The molecule has 0 saturated carbocycles. The monoisotopic (exact) mass is 230 g/mol. The summed E-state index contributed by atoms with van der Waals surface area (Å²) in [5.74, 6) is -0.878. The fourth-order valence-corrected chi connectivity index (χ4v) is 1.27. The maximum atomic E-state index is 12.0. The smallest absolute Gasteiger partial charge is 0.317 e. The molecule has 0 radical (unpaired) electrons. The lowest BCUT2D eigenvalue weighted by atomic mass is 9.91. The van der Waals surface area contributed by atoms with E-state index >= 15 is 0 Å². The minimum Gasteiger partial charge on any atom is -0.459 e. The van der Waals surface area contributed by atoms with Crippen LogP contribution in [0, 0.1) is 5.41 Å². The second-order valence-corrected chi connectivity index (χ2v) is 6.04. The third kappa shape index (κ3) is 3.46. The van der Waals surface area contributed by atoms with Crippen LogP contribution < -0.4 is 0 Å². The second kappa shape index (κ2) is 4.00. The number of carbonyl (C=O) groups is 1. The van der Waals surface area contributed by atoms with Gasteiger partial charge >= 0.3 is 5.97 Å². The summed E-state index contributed by atoms with van der Waals surface area (Å²) >= 11 is 0. The molecule has 1 aliphatic rings. The Labute approximate surface area is 97.2 Å². The lowest BCUT2D eigenvalue weighted by molar-refractivity contribution is -0.283. The Balaban J connectivity index is 2.63. The van der Waals surface area contributed by atoms with Crippen LogP contribution in [-0.4, -0.2) is 30.6 Å². The van der Waals surface area contributed by atoms with Crippen molar-refractivity contribution >= 4 is 5.97 Å². The standard InChI is InChI=1S/C12H22O4/c1-10(2,3)16-9(13)12(6)7-14-11(4,5)15-8-12/h7-8H2,1-6H3. The predicted octanol–water partition coefficient (Wildman–Crippen LogP) is 2.12. The molecule has 0 unspecified atom stereocenters. The highest BCUT2D eigenvalue weighted by Gasteiger charge is 2.44.